The van der Waals surface area contributed by atoms with Gasteiger partial charge in [-0.05, 0) is 59.7 Å². The second kappa shape index (κ2) is 10.9. The van der Waals surface area contributed by atoms with E-state index in [-0.39, 0.29) is 12.3 Å². The number of nitrogens with two attached hydrogens (primary N) is 1. The van der Waals surface area contributed by atoms with E-state index in [2.05, 4.69) is 15.0 Å². The first kappa shape index (κ1) is 25.4. The lowest BCUT2D eigenvalue weighted by Crippen LogP contribution is -2.43. The monoisotopic (exact) mass is 523 g/mol. The molecule has 0 aromatic heterocycles. The van der Waals surface area contributed by atoms with Gasteiger partial charge >= 0.3 is 6.03 Å². The van der Waals surface area contributed by atoms with Crippen molar-refractivity contribution < 1.29 is 18.6 Å². The number of rotatable bonds is 6. The summed E-state index contributed by atoms with van der Waals surface area (Å²) >= 11 is 1.30. The molecule has 4 N–H and O–H groups in total. The highest BCUT2D eigenvalue weighted by molar-refractivity contribution is 8.17. The topological polar surface area (TPSA) is 134 Å². The Hall–Kier alpha value is -3.70. The molecule has 0 saturated carbocycles. The van der Waals surface area contributed by atoms with Crippen LogP contribution < -0.4 is 20.7 Å². The van der Waals surface area contributed by atoms with Gasteiger partial charge in [0.15, 0.2) is 11.0 Å². The van der Waals surface area contributed by atoms with Crippen LogP contribution in [0.25, 0.3) is 0 Å². The molecule has 1 atom stereocenters. The summed E-state index contributed by atoms with van der Waals surface area (Å²) in [7, 11) is -0.0887. The van der Waals surface area contributed by atoms with E-state index >= 15 is 0 Å². The highest BCUT2D eigenvalue weighted by Gasteiger charge is 2.33. The second-order valence-electron chi connectivity index (χ2n) is 7.96. The van der Waals surface area contributed by atoms with Crippen molar-refractivity contribution in [3.63, 3.8) is 0 Å². The van der Waals surface area contributed by atoms with Crippen LogP contribution in [0.15, 0.2) is 63.2 Å². The third kappa shape index (κ3) is 5.26. The predicted molar refractivity (Wildman–Crippen MR) is 144 cm³/mol. The molecular formula is C25H25N5O4S2. The zero-order valence-corrected chi connectivity index (χ0v) is 21.4. The minimum Gasteiger partial charge on any atom is -0.384 e. The number of fused-ring (bicyclic) bond motifs is 1. The Morgan fingerprint density at radius 2 is 2.03 bits per heavy atom. The molecule has 4 rings (SSSR count). The Kier molecular flexibility index (Phi) is 7.70. The molecule has 2 aliphatic rings. The fourth-order valence-electron chi connectivity index (χ4n) is 3.91. The van der Waals surface area contributed by atoms with Gasteiger partial charge in [-0.15, -0.1) is 0 Å². The lowest BCUT2D eigenvalue weighted by Gasteiger charge is -2.29. The average Bonchev–Trinajstić information content (AvgIpc) is 2.88. The van der Waals surface area contributed by atoms with Crippen molar-refractivity contribution in [3.8, 4) is 0 Å². The summed E-state index contributed by atoms with van der Waals surface area (Å²) in [6.07, 6.45) is 4.96. The van der Waals surface area contributed by atoms with Crippen molar-refractivity contribution >= 4 is 57.8 Å². The van der Waals surface area contributed by atoms with E-state index in [9.17, 15) is 18.6 Å². The fraction of sp³-hybridized carbons (Fsp3) is 0.200. The van der Waals surface area contributed by atoms with Gasteiger partial charge < -0.3 is 11.1 Å². The average molecular weight is 524 g/mol. The second-order valence-corrected chi connectivity index (χ2v) is 10.3. The van der Waals surface area contributed by atoms with Gasteiger partial charge in [0.1, 0.15) is 5.84 Å². The SMILES string of the molecule is CCc1cc(NC(=O)NS(=O)C2=CCC=CS2)ccc1N1C(=O)Cc2cc(C(N)=NC)ccc2C1=O. The number of amidine groups is 1. The van der Waals surface area contributed by atoms with Crippen LogP contribution in [0.5, 0.6) is 0 Å². The van der Waals surface area contributed by atoms with E-state index in [1.807, 2.05) is 18.4 Å². The Balaban J connectivity index is 1.53. The molecule has 0 saturated heterocycles. The van der Waals surface area contributed by atoms with Crippen LogP contribution >= 0.6 is 11.8 Å². The molecule has 4 amide bonds. The van der Waals surface area contributed by atoms with Crippen LogP contribution in [0, 0.1) is 0 Å². The molecule has 0 fully saturated rings. The lowest BCUT2D eigenvalue weighted by atomic mass is 9.94. The van der Waals surface area contributed by atoms with Crippen LogP contribution in [-0.2, 0) is 28.6 Å². The summed E-state index contributed by atoms with van der Waals surface area (Å²) in [6.45, 7) is 1.89. The molecule has 2 aromatic rings. The Morgan fingerprint density at radius 1 is 1.22 bits per heavy atom. The van der Waals surface area contributed by atoms with Gasteiger partial charge in [0, 0.05) is 23.9 Å². The van der Waals surface area contributed by atoms with E-state index in [1.54, 1.807) is 49.5 Å². The number of anilines is 2. The van der Waals surface area contributed by atoms with Gasteiger partial charge in [-0.1, -0.05) is 36.9 Å². The highest BCUT2D eigenvalue weighted by Crippen LogP contribution is 2.31. The maximum Gasteiger partial charge on any atom is 0.331 e. The van der Waals surface area contributed by atoms with Gasteiger partial charge in [-0.25, -0.2) is 13.9 Å². The number of nitrogens with zero attached hydrogens (tertiary/aromatic N) is 2. The van der Waals surface area contributed by atoms with Crippen LogP contribution in [0.4, 0.5) is 16.2 Å². The quantitative estimate of drug-likeness (QED) is 0.301. The number of nitrogens with one attached hydrogen (secondary N) is 2. The van der Waals surface area contributed by atoms with Crippen molar-refractivity contribution in [2.75, 3.05) is 17.3 Å². The number of hydrogen-bond donors (Lipinski definition) is 3. The third-order valence-corrected chi connectivity index (χ3v) is 8.07. The minimum absolute atomic E-state index is 0.0480. The largest absolute Gasteiger partial charge is 0.384 e. The molecule has 9 nitrogen and oxygen atoms in total. The molecule has 2 aromatic carbocycles. The molecule has 0 radical (unpaired) electrons. The smallest absolute Gasteiger partial charge is 0.331 e. The molecule has 11 heteroatoms. The number of allylic oxidation sites excluding steroid dienone is 2. The normalized spacial score (nSPS) is 16.3. The van der Waals surface area contributed by atoms with Crippen molar-refractivity contribution in [2.45, 2.75) is 26.2 Å². The van der Waals surface area contributed by atoms with Gasteiger partial charge in [-0.3, -0.25) is 19.3 Å². The summed E-state index contributed by atoms with van der Waals surface area (Å²) in [6, 6.07) is 9.40. The maximum atomic E-state index is 13.3. The molecular weight excluding hydrogens is 498 g/mol. The number of aryl methyl sites for hydroxylation is 1. The predicted octanol–water partition coefficient (Wildman–Crippen LogP) is 3.59. The molecule has 36 heavy (non-hydrogen) atoms. The summed E-state index contributed by atoms with van der Waals surface area (Å²) in [5.41, 5.74) is 9.18. The van der Waals surface area contributed by atoms with Crippen molar-refractivity contribution in [1.82, 2.24) is 4.72 Å². The van der Waals surface area contributed by atoms with E-state index < -0.39 is 22.9 Å². The first-order valence-electron chi connectivity index (χ1n) is 11.2. The zero-order chi connectivity index (χ0) is 25.8. The standard InChI is InChI=1S/C25H25N5O4S2/c1-3-15-13-18(28-25(33)29-36(34)22-6-4-5-11-35-22)8-10-20(15)30-21(31)14-17-12-16(23(26)27-2)7-9-19(17)24(30)32/h5-13H,3-4,14H2,1-2H3,(H2,26,27)(H2,28,29,33). The lowest BCUT2D eigenvalue weighted by molar-refractivity contribution is -0.117. The van der Waals surface area contributed by atoms with Crippen LogP contribution in [0.1, 0.15) is 40.4 Å². The minimum atomic E-state index is -1.66. The van der Waals surface area contributed by atoms with E-state index in [0.29, 0.717) is 56.5 Å². The van der Waals surface area contributed by atoms with Gasteiger partial charge in [0.2, 0.25) is 5.91 Å². The number of thioether (sulfide) groups is 1. The molecule has 2 aliphatic heterocycles. The number of benzene rings is 2. The van der Waals surface area contributed by atoms with Crippen molar-refractivity contribution in [3.05, 3.63) is 80.4 Å². The fourth-order valence-corrected chi connectivity index (χ4v) is 5.66. The van der Waals surface area contributed by atoms with Crippen LogP contribution in [0.3, 0.4) is 0 Å². The van der Waals surface area contributed by atoms with Crippen LogP contribution in [-0.4, -0.2) is 34.9 Å². The van der Waals surface area contributed by atoms with Gasteiger partial charge in [0.05, 0.1) is 16.3 Å². The number of amides is 4. The molecule has 2 heterocycles. The zero-order valence-electron chi connectivity index (χ0n) is 19.7. The Bertz CT molecular complexity index is 1370. The first-order valence-corrected chi connectivity index (χ1v) is 13.2. The number of imide groups is 1. The van der Waals surface area contributed by atoms with E-state index in [1.165, 1.54) is 16.7 Å². The third-order valence-electron chi connectivity index (χ3n) is 5.69. The van der Waals surface area contributed by atoms with Crippen molar-refractivity contribution in [1.29, 1.82) is 0 Å². The summed E-state index contributed by atoms with van der Waals surface area (Å²) in [4.78, 5) is 43.9. The first-order chi connectivity index (χ1) is 17.3. The molecule has 0 spiro atoms. The van der Waals surface area contributed by atoms with E-state index in [4.69, 9.17) is 5.73 Å². The number of hydrogen-bond acceptors (Lipinski definition) is 6. The number of carbonyl (C=O) groups excluding carboxylic acids is 3. The Morgan fingerprint density at radius 3 is 2.72 bits per heavy atom. The molecule has 1 unspecified atom stereocenters. The Labute approximate surface area is 215 Å². The number of carbonyl (C=O) groups is 3. The maximum absolute atomic E-state index is 13.3. The number of aliphatic imine (C=N–C) groups is 1. The summed E-state index contributed by atoms with van der Waals surface area (Å²) in [5.74, 6) is -0.446. The molecule has 186 valence electrons. The summed E-state index contributed by atoms with van der Waals surface area (Å²) in [5, 5.41) is 4.50. The van der Waals surface area contributed by atoms with Crippen molar-refractivity contribution in [2.24, 2.45) is 10.7 Å². The number of urea groups is 1. The van der Waals surface area contributed by atoms with Gasteiger partial charge in [0.25, 0.3) is 5.91 Å². The summed E-state index contributed by atoms with van der Waals surface area (Å²) < 4.78 is 15.3. The van der Waals surface area contributed by atoms with Crippen LogP contribution in [0.2, 0.25) is 0 Å². The van der Waals surface area contributed by atoms with Gasteiger partial charge in [-0.2, -0.15) is 0 Å². The highest BCUT2D eigenvalue weighted by atomic mass is 32.2. The van der Waals surface area contributed by atoms with E-state index in [0.717, 1.165) is 0 Å². The molecule has 0 bridgehead atoms. The molecule has 0 aliphatic carbocycles.